The molecule has 2 nitrogen and oxygen atoms in total. The predicted molar refractivity (Wildman–Crippen MR) is 206 cm³/mol. The van der Waals surface area contributed by atoms with E-state index in [0.717, 1.165) is 22.2 Å². The molecule has 0 saturated carbocycles. The lowest BCUT2D eigenvalue weighted by Gasteiger charge is -2.19. The fourth-order valence-electron chi connectivity index (χ4n) is 7.47. The van der Waals surface area contributed by atoms with E-state index in [1.54, 1.807) is 0 Å². The molecule has 0 N–H and O–H groups in total. The average Bonchev–Trinajstić information content (AvgIpc) is 3.61. The van der Waals surface area contributed by atoms with Crippen molar-refractivity contribution < 1.29 is 4.42 Å². The first-order chi connectivity index (χ1) is 24.3. The molecular weight excluding hydrogens is 595 g/mol. The average molecular weight is 624 g/mol. The second-order valence-electron chi connectivity index (χ2n) is 12.7. The Kier molecular flexibility index (Phi) is 6.22. The van der Waals surface area contributed by atoms with Crippen LogP contribution in [0.2, 0.25) is 0 Å². The van der Waals surface area contributed by atoms with Crippen molar-refractivity contribution in [2.75, 3.05) is 0 Å². The Morgan fingerprint density at radius 3 is 1.47 bits per heavy atom. The van der Waals surface area contributed by atoms with Crippen LogP contribution in [-0.4, -0.2) is 4.98 Å². The summed E-state index contributed by atoms with van der Waals surface area (Å²) in [6.07, 6.45) is 0. The van der Waals surface area contributed by atoms with Crippen LogP contribution in [0.4, 0.5) is 0 Å². The smallest absolute Gasteiger partial charge is 0.227 e. The largest absolute Gasteiger partial charge is 0.436 e. The van der Waals surface area contributed by atoms with Crippen LogP contribution in [-0.2, 0) is 0 Å². The van der Waals surface area contributed by atoms with E-state index in [1.165, 1.54) is 70.9 Å². The fraction of sp³-hybridized carbons (Fsp3) is 0. The van der Waals surface area contributed by atoms with E-state index in [4.69, 9.17) is 9.40 Å². The summed E-state index contributed by atoms with van der Waals surface area (Å²) in [6, 6.07) is 63.3. The van der Waals surface area contributed by atoms with Crippen molar-refractivity contribution in [1.82, 2.24) is 4.98 Å². The van der Waals surface area contributed by atoms with Crippen LogP contribution in [0, 0.1) is 0 Å². The number of hydrogen-bond donors (Lipinski definition) is 0. The summed E-state index contributed by atoms with van der Waals surface area (Å²) in [4.78, 5) is 4.71. The molecule has 0 amide bonds. The number of rotatable bonds is 4. The molecule has 0 bridgehead atoms. The summed E-state index contributed by atoms with van der Waals surface area (Å²) in [5, 5.41) is 9.94. The van der Waals surface area contributed by atoms with E-state index in [-0.39, 0.29) is 0 Å². The maximum atomic E-state index is 6.06. The van der Waals surface area contributed by atoms with Crippen LogP contribution in [0.3, 0.4) is 0 Å². The zero-order valence-corrected chi connectivity index (χ0v) is 26.6. The van der Waals surface area contributed by atoms with Crippen molar-refractivity contribution in [1.29, 1.82) is 0 Å². The van der Waals surface area contributed by atoms with Gasteiger partial charge in [-0.1, -0.05) is 133 Å². The molecular formula is C47H29NO. The Bertz CT molecular complexity index is 2850. The molecule has 0 unspecified atom stereocenters. The number of aromatic nitrogens is 1. The first-order valence-electron chi connectivity index (χ1n) is 16.7. The molecule has 228 valence electrons. The molecule has 0 radical (unpaired) electrons. The Balaban J connectivity index is 1.21. The van der Waals surface area contributed by atoms with Crippen LogP contribution in [0.1, 0.15) is 0 Å². The van der Waals surface area contributed by atoms with Crippen molar-refractivity contribution in [3.8, 4) is 44.8 Å². The lowest BCUT2D eigenvalue weighted by Crippen LogP contribution is -1.92. The van der Waals surface area contributed by atoms with Gasteiger partial charge in [0.05, 0.1) is 0 Å². The minimum Gasteiger partial charge on any atom is -0.436 e. The van der Waals surface area contributed by atoms with Gasteiger partial charge in [-0.15, -0.1) is 0 Å². The topological polar surface area (TPSA) is 26.0 Å². The number of oxazole rings is 1. The molecule has 0 fully saturated rings. The Morgan fingerprint density at radius 1 is 0.327 bits per heavy atom. The van der Waals surface area contributed by atoms with E-state index in [2.05, 4.69) is 152 Å². The van der Waals surface area contributed by atoms with Gasteiger partial charge < -0.3 is 4.42 Å². The molecule has 9 aromatic carbocycles. The number of benzene rings is 9. The number of para-hydroxylation sites is 2. The number of hydrogen-bond acceptors (Lipinski definition) is 2. The fourth-order valence-corrected chi connectivity index (χ4v) is 7.47. The molecule has 10 rings (SSSR count). The van der Waals surface area contributed by atoms with Crippen LogP contribution < -0.4 is 0 Å². The molecule has 0 aliphatic carbocycles. The highest BCUT2D eigenvalue weighted by Crippen LogP contribution is 2.45. The summed E-state index contributed by atoms with van der Waals surface area (Å²) < 4.78 is 6.06. The molecule has 2 heteroatoms. The number of fused-ring (bicyclic) bond motifs is 5. The first kappa shape index (κ1) is 27.6. The van der Waals surface area contributed by atoms with Gasteiger partial charge in [0.2, 0.25) is 5.89 Å². The molecule has 0 aliphatic rings. The summed E-state index contributed by atoms with van der Waals surface area (Å²) in [5.74, 6) is 0.636. The van der Waals surface area contributed by atoms with E-state index < -0.39 is 0 Å². The third kappa shape index (κ3) is 4.61. The van der Waals surface area contributed by atoms with E-state index in [9.17, 15) is 0 Å². The quantitative estimate of drug-likeness (QED) is 0.182. The third-order valence-electron chi connectivity index (χ3n) is 9.86. The second kappa shape index (κ2) is 11.0. The first-order valence-corrected chi connectivity index (χ1v) is 16.7. The molecule has 1 aromatic heterocycles. The highest BCUT2D eigenvalue weighted by Gasteiger charge is 2.18. The summed E-state index contributed by atoms with van der Waals surface area (Å²) in [5.41, 5.74) is 9.89. The van der Waals surface area contributed by atoms with Crippen LogP contribution >= 0.6 is 0 Å². The Labute approximate surface area is 283 Å². The summed E-state index contributed by atoms with van der Waals surface area (Å²) in [6.45, 7) is 0. The van der Waals surface area contributed by atoms with E-state index in [1.807, 2.05) is 24.3 Å². The minimum atomic E-state index is 0.636. The second-order valence-corrected chi connectivity index (χ2v) is 12.7. The molecule has 10 aromatic rings. The maximum Gasteiger partial charge on any atom is 0.227 e. The van der Waals surface area contributed by atoms with Crippen LogP contribution in [0.25, 0.3) is 99.0 Å². The zero-order valence-electron chi connectivity index (χ0n) is 26.6. The van der Waals surface area contributed by atoms with Gasteiger partial charge >= 0.3 is 0 Å². The maximum absolute atomic E-state index is 6.06. The molecule has 0 saturated heterocycles. The molecule has 0 atom stereocenters. The van der Waals surface area contributed by atoms with Crippen molar-refractivity contribution >= 4 is 54.2 Å². The monoisotopic (exact) mass is 623 g/mol. The van der Waals surface area contributed by atoms with Crippen LogP contribution in [0.15, 0.2) is 180 Å². The summed E-state index contributed by atoms with van der Waals surface area (Å²) >= 11 is 0. The third-order valence-corrected chi connectivity index (χ3v) is 9.86. The zero-order chi connectivity index (χ0) is 32.3. The Hall–Kier alpha value is -6.51. The van der Waals surface area contributed by atoms with Gasteiger partial charge in [-0.05, 0) is 119 Å². The summed E-state index contributed by atoms with van der Waals surface area (Å²) in [7, 11) is 0. The predicted octanol–water partition coefficient (Wildman–Crippen LogP) is 13.1. The van der Waals surface area contributed by atoms with Crippen molar-refractivity contribution in [3.63, 3.8) is 0 Å². The lowest BCUT2D eigenvalue weighted by atomic mass is 9.84. The SMILES string of the molecule is c1ccc2cc(-c3c4ccccc4c(-c4ccc5ccccc5c4)c4cc(-c5ccc(-c6nc7ccccc7o6)cc5)ccc34)ccc2c1. The molecule has 0 spiro atoms. The van der Waals surface area contributed by atoms with E-state index in [0.29, 0.717) is 5.89 Å². The highest BCUT2D eigenvalue weighted by atomic mass is 16.3. The molecule has 0 aliphatic heterocycles. The van der Waals surface area contributed by atoms with Gasteiger partial charge in [0.15, 0.2) is 5.58 Å². The van der Waals surface area contributed by atoms with Gasteiger partial charge in [-0.2, -0.15) is 0 Å². The molecule has 49 heavy (non-hydrogen) atoms. The van der Waals surface area contributed by atoms with Gasteiger partial charge in [-0.25, -0.2) is 4.98 Å². The highest BCUT2D eigenvalue weighted by molar-refractivity contribution is 6.22. The Morgan fingerprint density at radius 2 is 0.816 bits per heavy atom. The van der Waals surface area contributed by atoms with Gasteiger partial charge in [0.1, 0.15) is 5.52 Å². The van der Waals surface area contributed by atoms with E-state index >= 15 is 0 Å². The normalized spacial score (nSPS) is 11.7. The van der Waals surface area contributed by atoms with Crippen LogP contribution in [0.5, 0.6) is 0 Å². The van der Waals surface area contributed by atoms with Crippen molar-refractivity contribution in [3.05, 3.63) is 176 Å². The van der Waals surface area contributed by atoms with Crippen molar-refractivity contribution in [2.24, 2.45) is 0 Å². The number of nitrogens with zero attached hydrogens (tertiary/aromatic N) is 1. The van der Waals surface area contributed by atoms with Gasteiger partial charge in [0.25, 0.3) is 0 Å². The molecule has 1 heterocycles. The van der Waals surface area contributed by atoms with Crippen molar-refractivity contribution in [2.45, 2.75) is 0 Å². The standard InChI is InChI=1S/C47H29NO/c1-3-11-34-27-37(23-19-30(34)9-1)45-39-13-5-6-14-40(39)46(38-24-20-31-10-2-4-12-35(31)28-38)42-29-36(25-26-41(42)45)32-17-21-33(22-18-32)47-48-43-15-7-8-16-44(43)49-47/h1-29H. The minimum absolute atomic E-state index is 0.636. The lowest BCUT2D eigenvalue weighted by molar-refractivity contribution is 0.620. The van der Waals surface area contributed by atoms with Gasteiger partial charge in [0, 0.05) is 5.56 Å². The van der Waals surface area contributed by atoms with Gasteiger partial charge in [-0.3, -0.25) is 0 Å².